The minimum absolute atomic E-state index is 0.0363. The van der Waals surface area contributed by atoms with Gasteiger partial charge in [-0.1, -0.05) is 68.4 Å². The number of nitrogens with two attached hydrogens (primary N) is 1. The number of hydrogen-bond donors (Lipinski definition) is 5. The lowest BCUT2D eigenvalue weighted by Crippen LogP contribution is -2.54. The number of carbonyl (C=O) groups excluding carboxylic acids is 2. The number of sulfonamides is 1. The maximum Gasteiger partial charge on any atom is 0.242 e. The molecule has 6 N–H and O–H groups in total. The summed E-state index contributed by atoms with van der Waals surface area (Å²) in [5.74, 6) is -0.474. The maximum absolute atomic E-state index is 13.2. The second kappa shape index (κ2) is 14.7. The van der Waals surface area contributed by atoms with Gasteiger partial charge in [-0.05, 0) is 41.9 Å². The summed E-state index contributed by atoms with van der Waals surface area (Å²) < 4.78 is 28.2. The highest BCUT2D eigenvalue weighted by Crippen LogP contribution is 2.11. The van der Waals surface area contributed by atoms with E-state index in [2.05, 4.69) is 15.4 Å². The van der Waals surface area contributed by atoms with Crippen molar-refractivity contribution in [1.29, 1.82) is 5.41 Å². The van der Waals surface area contributed by atoms with E-state index in [9.17, 15) is 18.0 Å². The standard InChI is InChI=1S/C26H37N5O4S2/c1-18(2)15-23(31-37(34,35)17-20-7-5-4-6-8-20)26(33)30-22(13-14-36-3)25(32)29-16-19-9-11-21(12-10-19)24(27)28/h4-12,18,22-23,31H,13-17H2,1-3H3,(H3,27,28)(H,29,32)(H,30,33)/t22-,23+/m0/s1. The van der Waals surface area contributed by atoms with Crippen LogP contribution in [0.15, 0.2) is 54.6 Å². The molecular weight excluding hydrogens is 510 g/mol. The molecule has 2 aromatic carbocycles. The molecule has 2 aromatic rings. The minimum Gasteiger partial charge on any atom is -0.384 e. The third-order valence-electron chi connectivity index (χ3n) is 5.52. The highest BCUT2D eigenvalue weighted by molar-refractivity contribution is 7.98. The Hall–Kier alpha value is -2.89. The van der Waals surface area contributed by atoms with Gasteiger partial charge in [0, 0.05) is 12.1 Å². The number of rotatable bonds is 15. The number of amides is 2. The number of hydrogen-bond acceptors (Lipinski definition) is 6. The van der Waals surface area contributed by atoms with Crippen molar-refractivity contribution < 1.29 is 18.0 Å². The van der Waals surface area contributed by atoms with Crippen LogP contribution in [0.2, 0.25) is 0 Å². The molecule has 0 aliphatic heterocycles. The molecule has 0 aromatic heterocycles. The first kappa shape index (κ1) is 30.3. The molecule has 2 rings (SSSR count). The summed E-state index contributed by atoms with van der Waals surface area (Å²) in [4.78, 5) is 26.2. The van der Waals surface area contributed by atoms with Crippen molar-refractivity contribution in [3.8, 4) is 0 Å². The summed E-state index contributed by atoms with van der Waals surface area (Å²) in [6.45, 7) is 4.05. The first-order chi connectivity index (χ1) is 17.5. The van der Waals surface area contributed by atoms with Crippen LogP contribution in [0, 0.1) is 11.3 Å². The fraction of sp³-hybridized carbons (Fsp3) is 0.423. The van der Waals surface area contributed by atoms with E-state index in [0.717, 1.165) is 5.56 Å². The van der Waals surface area contributed by atoms with Gasteiger partial charge in [0.05, 0.1) is 5.75 Å². The van der Waals surface area contributed by atoms with Crippen molar-refractivity contribution >= 4 is 39.4 Å². The molecule has 0 spiro atoms. The van der Waals surface area contributed by atoms with Gasteiger partial charge in [-0.25, -0.2) is 13.1 Å². The van der Waals surface area contributed by atoms with E-state index < -0.39 is 28.0 Å². The van der Waals surface area contributed by atoms with E-state index >= 15 is 0 Å². The first-order valence-corrected chi connectivity index (χ1v) is 15.1. The lowest BCUT2D eigenvalue weighted by atomic mass is 10.0. The Morgan fingerprint density at radius 3 is 2.19 bits per heavy atom. The summed E-state index contributed by atoms with van der Waals surface area (Å²) in [6.07, 6.45) is 2.60. The third kappa shape index (κ3) is 10.9. The molecule has 0 aliphatic carbocycles. The summed E-state index contributed by atoms with van der Waals surface area (Å²) in [5.41, 5.74) is 7.50. The second-order valence-corrected chi connectivity index (χ2v) is 12.0. The zero-order valence-electron chi connectivity index (χ0n) is 21.5. The van der Waals surface area contributed by atoms with Crippen molar-refractivity contribution in [2.75, 3.05) is 12.0 Å². The summed E-state index contributed by atoms with van der Waals surface area (Å²) >= 11 is 1.55. The average molecular weight is 548 g/mol. The Kier molecular flexibility index (Phi) is 12.1. The van der Waals surface area contributed by atoms with Crippen LogP contribution in [0.3, 0.4) is 0 Å². The maximum atomic E-state index is 13.2. The molecule has 0 heterocycles. The van der Waals surface area contributed by atoms with E-state index in [1.807, 2.05) is 20.1 Å². The van der Waals surface area contributed by atoms with E-state index in [4.69, 9.17) is 11.1 Å². The van der Waals surface area contributed by atoms with Gasteiger partial charge < -0.3 is 16.4 Å². The van der Waals surface area contributed by atoms with E-state index in [-0.39, 0.29) is 30.0 Å². The summed E-state index contributed by atoms with van der Waals surface area (Å²) in [7, 11) is -3.79. The van der Waals surface area contributed by atoms with Crippen LogP contribution in [-0.4, -0.2) is 50.2 Å². The van der Waals surface area contributed by atoms with Crippen LogP contribution >= 0.6 is 11.8 Å². The molecule has 0 radical (unpaired) electrons. The van der Waals surface area contributed by atoms with Crippen LogP contribution in [0.5, 0.6) is 0 Å². The topological polar surface area (TPSA) is 154 Å². The number of benzene rings is 2. The Labute approximate surface area is 223 Å². The molecule has 37 heavy (non-hydrogen) atoms. The number of thioether (sulfide) groups is 1. The Balaban J connectivity index is 2.08. The predicted molar refractivity (Wildman–Crippen MR) is 150 cm³/mol. The largest absolute Gasteiger partial charge is 0.384 e. The van der Waals surface area contributed by atoms with Gasteiger partial charge in [-0.3, -0.25) is 15.0 Å². The average Bonchev–Trinajstić information content (AvgIpc) is 2.84. The molecular formula is C26H37N5O4S2. The zero-order valence-corrected chi connectivity index (χ0v) is 23.1. The monoisotopic (exact) mass is 547 g/mol. The zero-order chi connectivity index (χ0) is 27.4. The first-order valence-electron chi connectivity index (χ1n) is 12.0. The molecule has 2 amide bonds. The summed E-state index contributed by atoms with van der Waals surface area (Å²) in [5, 5.41) is 13.1. The van der Waals surface area contributed by atoms with Crippen molar-refractivity contribution in [2.45, 2.75) is 51.1 Å². The molecule has 202 valence electrons. The van der Waals surface area contributed by atoms with E-state index in [0.29, 0.717) is 29.7 Å². The van der Waals surface area contributed by atoms with Gasteiger partial charge in [-0.2, -0.15) is 11.8 Å². The van der Waals surface area contributed by atoms with Gasteiger partial charge in [0.15, 0.2) is 0 Å². The predicted octanol–water partition coefficient (Wildman–Crippen LogP) is 2.36. The van der Waals surface area contributed by atoms with Crippen LogP contribution in [0.25, 0.3) is 0 Å². The van der Waals surface area contributed by atoms with Gasteiger partial charge >= 0.3 is 0 Å². The highest BCUT2D eigenvalue weighted by atomic mass is 32.2. The molecule has 0 aliphatic rings. The molecule has 11 heteroatoms. The van der Waals surface area contributed by atoms with E-state index in [1.165, 1.54) is 0 Å². The second-order valence-electron chi connectivity index (χ2n) is 9.22. The quantitative estimate of drug-likeness (QED) is 0.170. The van der Waals surface area contributed by atoms with Crippen molar-refractivity contribution in [1.82, 2.24) is 15.4 Å². The van der Waals surface area contributed by atoms with Crippen LogP contribution in [-0.2, 0) is 31.9 Å². The minimum atomic E-state index is -3.79. The van der Waals surface area contributed by atoms with Crippen LogP contribution in [0.1, 0.15) is 43.4 Å². The number of amidine groups is 1. The fourth-order valence-corrected chi connectivity index (χ4v) is 5.45. The number of carbonyl (C=O) groups is 2. The molecule has 0 bridgehead atoms. The fourth-order valence-electron chi connectivity index (χ4n) is 3.62. The Morgan fingerprint density at radius 2 is 1.62 bits per heavy atom. The van der Waals surface area contributed by atoms with Gasteiger partial charge in [0.1, 0.15) is 17.9 Å². The van der Waals surface area contributed by atoms with Crippen molar-refractivity contribution in [2.24, 2.45) is 11.7 Å². The lowest BCUT2D eigenvalue weighted by Gasteiger charge is -2.24. The Morgan fingerprint density at radius 1 is 0.973 bits per heavy atom. The van der Waals surface area contributed by atoms with E-state index in [1.54, 1.807) is 66.4 Å². The lowest BCUT2D eigenvalue weighted by molar-refractivity contribution is -0.130. The highest BCUT2D eigenvalue weighted by Gasteiger charge is 2.29. The van der Waals surface area contributed by atoms with Crippen molar-refractivity contribution in [3.63, 3.8) is 0 Å². The summed E-state index contributed by atoms with van der Waals surface area (Å²) in [6, 6.07) is 13.9. The molecule has 0 saturated carbocycles. The molecule has 0 saturated heterocycles. The van der Waals surface area contributed by atoms with Gasteiger partial charge in [0.25, 0.3) is 0 Å². The third-order valence-corrected chi connectivity index (χ3v) is 7.52. The number of nitrogen functional groups attached to an aromatic ring is 1. The molecule has 2 atom stereocenters. The molecule has 0 fully saturated rings. The molecule has 9 nitrogen and oxygen atoms in total. The smallest absolute Gasteiger partial charge is 0.242 e. The Bertz CT molecular complexity index is 1140. The SMILES string of the molecule is CSCC[C@H](NC(=O)[C@@H](CC(C)C)NS(=O)(=O)Cc1ccccc1)C(=O)NCc1ccc(C(=N)N)cc1. The molecule has 0 unspecified atom stereocenters. The van der Waals surface area contributed by atoms with Gasteiger partial charge in [-0.15, -0.1) is 0 Å². The number of nitrogens with one attached hydrogen (secondary N) is 4. The van der Waals surface area contributed by atoms with Gasteiger partial charge in [0.2, 0.25) is 21.8 Å². The van der Waals surface area contributed by atoms with Crippen LogP contribution < -0.4 is 21.1 Å². The van der Waals surface area contributed by atoms with Crippen LogP contribution in [0.4, 0.5) is 0 Å². The van der Waals surface area contributed by atoms with Crippen molar-refractivity contribution in [3.05, 3.63) is 71.3 Å². The normalized spacial score (nSPS) is 13.1.